The van der Waals surface area contributed by atoms with Gasteiger partial charge in [-0.3, -0.25) is 9.59 Å². The van der Waals surface area contributed by atoms with E-state index < -0.39 is 11.9 Å². The Bertz CT molecular complexity index is 236. The van der Waals surface area contributed by atoms with Gasteiger partial charge in [0, 0.05) is 0 Å². The first-order chi connectivity index (χ1) is 6.60. The van der Waals surface area contributed by atoms with Crippen molar-refractivity contribution in [3.8, 4) is 0 Å². The first-order valence-electron chi connectivity index (χ1n) is 4.08. The van der Waals surface area contributed by atoms with Crippen LogP contribution in [-0.4, -0.2) is 35.1 Å². The Labute approximate surface area is 81.2 Å². The summed E-state index contributed by atoms with van der Waals surface area (Å²) < 4.78 is 4.38. The number of hydrogen-bond acceptors (Lipinski definition) is 5. The number of rotatable bonds is 6. The number of carboxylic acid groups (broad SMARTS) is 1. The Morgan fingerprint density at radius 1 is 1.21 bits per heavy atom. The molecule has 0 fully saturated rings. The van der Waals surface area contributed by atoms with E-state index in [9.17, 15) is 9.59 Å². The molecule has 2 N–H and O–H groups in total. The normalized spacial score (nSPS) is 11.1. The predicted octanol–water partition coefficient (Wildman–Crippen LogP) is 0.635. The predicted molar refractivity (Wildman–Crippen MR) is 47.3 cm³/mol. The number of hydrogen-bond donors (Lipinski definition) is 2. The average Bonchev–Trinajstić information content (AvgIpc) is 2.17. The Hall–Kier alpha value is -1.59. The summed E-state index contributed by atoms with van der Waals surface area (Å²) in [6.45, 7) is 0. The minimum atomic E-state index is -0.968. The van der Waals surface area contributed by atoms with E-state index in [4.69, 9.17) is 10.3 Å². The first kappa shape index (κ1) is 12.4. The van der Waals surface area contributed by atoms with Crippen molar-refractivity contribution in [1.29, 1.82) is 0 Å². The van der Waals surface area contributed by atoms with Gasteiger partial charge in [-0.15, -0.1) is 0 Å². The molecule has 0 aromatic carbocycles. The fourth-order valence-electron chi connectivity index (χ4n) is 0.825. The maximum atomic E-state index is 10.7. The molecule has 0 spiro atoms. The molecule has 0 saturated carbocycles. The fourth-order valence-corrected chi connectivity index (χ4v) is 0.825. The van der Waals surface area contributed by atoms with E-state index in [1.807, 2.05) is 0 Å². The number of carboxylic acids is 1. The molecule has 0 aromatic heterocycles. The van der Waals surface area contributed by atoms with Crippen LogP contribution in [0.25, 0.3) is 0 Å². The lowest BCUT2D eigenvalue weighted by Crippen LogP contribution is -2.08. The summed E-state index contributed by atoms with van der Waals surface area (Å²) in [4.78, 5) is 20.9. The Morgan fingerprint density at radius 2 is 1.79 bits per heavy atom. The second-order valence-electron chi connectivity index (χ2n) is 2.64. The largest absolute Gasteiger partial charge is 0.481 e. The molecule has 6 nitrogen and oxygen atoms in total. The van der Waals surface area contributed by atoms with E-state index in [2.05, 4.69) is 9.89 Å². The highest BCUT2D eigenvalue weighted by Gasteiger charge is 2.07. The summed E-state index contributed by atoms with van der Waals surface area (Å²) in [6.07, 6.45) is 0.343. The number of ether oxygens (including phenoxy) is 1. The van der Waals surface area contributed by atoms with Crippen molar-refractivity contribution >= 4 is 17.7 Å². The summed E-state index contributed by atoms with van der Waals surface area (Å²) in [5.74, 6) is -1.38. The van der Waals surface area contributed by atoms with E-state index in [1.165, 1.54) is 7.11 Å². The van der Waals surface area contributed by atoms with Crippen molar-refractivity contribution in [1.82, 2.24) is 0 Å². The molecule has 0 aromatic rings. The molecule has 0 aliphatic heterocycles. The second kappa shape index (κ2) is 6.88. The van der Waals surface area contributed by atoms with Crippen LogP contribution in [0.15, 0.2) is 5.16 Å². The molecule has 0 atom stereocenters. The highest BCUT2D eigenvalue weighted by Crippen LogP contribution is 2.02. The molecule has 0 aliphatic rings. The van der Waals surface area contributed by atoms with E-state index >= 15 is 0 Å². The molecule has 0 aliphatic carbocycles. The van der Waals surface area contributed by atoms with Crippen molar-refractivity contribution in [2.24, 2.45) is 5.16 Å². The van der Waals surface area contributed by atoms with Gasteiger partial charge in [0.05, 0.1) is 25.7 Å². The summed E-state index contributed by atoms with van der Waals surface area (Å²) >= 11 is 0. The molecule has 0 bridgehead atoms. The van der Waals surface area contributed by atoms with Gasteiger partial charge in [0.15, 0.2) is 0 Å². The Balaban J connectivity index is 3.81. The van der Waals surface area contributed by atoms with Crippen molar-refractivity contribution in [3.63, 3.8) is 0 Å². The zero-order chi connectivity index (χ0) is 11.0. The molecular formula is C8H13NO5. The number of aliphatic carboxylic acids is 1. The molecule has 14 heavy (non-hydrogen) atoms. The highest BCUT2D eigenvalue weighted by molar-refractivity contribution is 5.89. The smallest absolute Gasteiger partial charge is 0.305 e. The molecule has 0 radical (unpaired) electrons. The Kier molecular flexibility index (Phi) is 6.09. The molecular weight excluding hydrogens is 190 g/mol. The van der Waals surface area contributed by atoms with Crippen LogP contribution in [-0.2, 0) is 14.3 Å². The van der Waals surface area contributed by atoms with Crippen molar-refractivity contribution < 1.29 is 24.6 Å². The van der Waals surface area contributed by atoms with E-state index in [-0.39, 0.29) is 31.4 Å². The zero-order valence-electron chi connectivity index (χ0n) is 7.89. The molecule has 0 amide bonds. The maximum absolute atomic E-state index is 10.7. The van der Waals surface area contributed by atoms with Gasteiger partial charge in [0.25, 0.3) is 0 Å². The van der Waals surface area contributed by atoms with Crippen LogP contribution in [0.2, 0.25) is 0 Å². The molecule has 6 heteroatoms. The maximum Gasteiger partial charge on any atom is 0.305 e. The summed E-state index contributed by atoms with van der Waals surface area (Å²) in [5, 5.41) is 19.7. The third-order valence-corrected chi connectivity index (χ3v) is 1.61. The lowest BCUT2D eigenvalue weighted by molar-refractivity contribution is -0.140. The number of esters is 1. The number of oxime groups is 1. The van der Waals surface area contributed by atoms with Crippen molar-refractivity contribution in [2.45, 2.75) is 25.7 Å². The van der Waals surface area contributed by atoms with Gasteiger partial charge >= 0.3 is 11.9 Å². The van der Waals surface area contributed by atoms with Crippen LogP contribution in [0.3, 0.4) is 0 Å². The molecule has 0 rings (SSSR count). The van der Waals surface area contributed by atoms with Crippen LogP contribution in [0.4, 0.5) is 0 Å². The quantitative estimate of drug-likeness (QED) is 0.286. The first-order valence-corrected chi connectivity index (χ1v) is 4.08. The number of carbonyl (C=O) groups excluding carboxylic acids is 1. The lowest BCUT2D eigenvalue weighted by Gasteiger charge is -2.01. The van der Waals surface area contributed by atoms with Gasteiger partial charge in [-0.05, 0) is 12.8 Å². The van der Waals surface area contributed by atoms with Gasteiger partial charge in [-0.1, -0.05) is 5.16 Å². The highest BCUT2D eigenvalue weighted by atomic mass is 16.5. The van der Waals surface area contributed by atoms with Gasteiger partial charge in [0.2, 0.25) is 0 Å². The van der Waals surface area contributed by atoms with Gasteiger partial charge in [-0.25, -0.2) is 0 Å². The summed E-state index contributed by atoms with van der Waals surface area (Å²) in [6, 6.07) is 0. The monoisotopic (exact) mass is 203 g/mol. The standard InChI is InChI=1S/C8H13NO5/c1-14-8(12)5-3-6(9-13)2-4-7(10)11/h13H,2-5H2,1H3,(H,10,11). The van der Waals surface area contributed by atoms with Crippen LogP contribution in [0.5, 0.6) is 0 Å². The van der Waals surface area contributed by atoms with Crippen LogP contribution in [0, 0.1) is 0 Å². The average molecular weight is 203 g/mol. The third-order valence-electron chi connectivity index (χ3n) is 1.61. The van der Waals surface area contributed by atoms with Crippen molar-refractivity contribution in [3.05, 3.63) is 0 Å². The van der Waals surface area contributed by atoms with Crippen LogP contribution >= 0.6 is 0 Å². The van der Waals surface area contributed by atoms with Crippen LogP contribution in [0.1, 0.15) is 25.7 Å². The number of nitrogens with zero attached hydrogens (tertiary/aromatic N) is 1. The topological polar surface area (TPSA) is 96.2 Å². The molecule has 0 heterocycles. The minimum Gasteiger partial charge on any atom is -0.481 e. The minimum absolute atomic E-state index is 0.0928. The zero-order valence-corrected chi connectivity index (χ0v) is 7.89. The van der Waals surface area contributed by atoms with Gasteiger partial charge in [0.1, 0.15) is 0 Å². The summed E-state index contributed by atoms with van der Waals surface area (Å²) in [5.41, 5.74) is 0.290. The third kappa shape index (κ3) is 5.99. The van der Waals surface area contributed by atoms with E-state index in [0.29, 0.717) is 0 Å². The lowest BCUT2D eigenvalue weighted by atomic mass is 10.1. The molecule has 0 unspecified atom stereocenters. The fraction of sp³-hybridized carbons (Fsp3) is 0.625. The molecule has 0 saturated heterocycles. The second-order valence-corrected chi connectivity index (χ2v) is 2.64. The summed E-state index contributed by atoms with van der Waals surface area (Å²) in [7, 11) is 1.26. The SMILES string of the molecule is COC(=O)CCC(CCC(=O)O)=NO. The van der Waals surface area contributed by atoms with E-state index in [1.54, 1.807) is 0 Å². The van der Waals surface area contributed by atoms with Crippen molar-refractivity contribution in [2.75, 3.05) is 7.11 Å². The van der Waals surface area contributed by atoms with Crippen LogP contribution < -0.4 is 0 Å². The van der Waals surface area contributed by atoms with Gasteiger partial charge < -0.3 is 15.1 Å². The number of carbonyl (C=O) groups is 2. The number of methoxy groups -OCH3 is 1. The van der Waals surface area contributed by atoms with E-state index in [0.717, 1.165) is 0 Å². The van der Waals surface area contributed by atoms with Gasteiger partial charge in [-0.2, -0.15) is 0 Å². The molecule has 80 valence electrons. The Morgan fingerprint density at radius 3 is 2.21 bits per heavy atom.